The van der Waals surface area contributed by atoms with Crippen LogP contribution in [0.5, 0.6) is 0 Å². The largest absolute Gasteiger partial charge is 0.444 e. The lowest BCUT2D eigenvalue weighted by Gasteiger charge is -2.27. The van der Waals surface area contributed by atoms with Crippen molar-refractivity contribution in [1.82, 2.24) is 25.0 Å². The number of benzene rings is 1. The van der Waals surface area contributed by atoms with Crippen molar-refractivity contribution in [2.75, 3.05) is 38.1 Å². The van der Waals surface area contributed by atoms with Crippen LogP contribution in [-0.2, 0) is 16.0 Å². The number of fused-ring (bicyclic) bond motifs is 2. The fourth-order valence-corrected chi connectivity index (χ4v) is 4.56. The maximum Gasteiger partial charge on any atom is 0.410 e. The van der Waals surface area contributed by atoms with Crippen LogP contribution < -0.4 is 10.6 Å². The third-order valence-electron chi connectivity index (χ3n) is 6.18. The third kappa shape index (κ3) is 6.94. The lowest BCUT2D eigenvalue weighted by molar-refractivity contribution is 0.0211. The Morgan fingerprint density at radius 3 is 2.41 bits per heavy atom. The third-order valence-corrected chi connectivity index (χ3v) is 6.18. The minimum Gasteiger partial charge on any atom is -0.444 e. The van der Waals surface area contributed by atoms with Gasteiger partial charge in [0.1, 0.15) is 16.9 Å². The molecule has 2 heterocycles. The fraction of sp³-hybridized carbons (Fsp3) is 0.483. The van der Waals surface area contributed by atoms with Gasteiger partial charge in [0, 0.05) is 60.8 Å². The summed E-state index contributed by atoms with van der Waals surface area (Å²) in [5.74, 6) is -0.154. The maximum atomic E-state index is 13.7. The van der Waals surface area contributed by atoms with Crippen molar-refractivity contribution in [2.24, 2.45) is 0 Å². The van der Waals surface area contributed by atoms with Crippen molar-refractivity contribution in [3.63, 3.8) is 0 Å². The van der Waals surface area contributed by atoms with Gasteiger partial charge < -0.3 is 30.1 Å². The number of amides is 2. The molecule has 1 aromatic carbocycles. The Bertz CT molecular complexity index is 1450. The van der Waals surface area contributed by atoms with Crippen LogP contribution in [0.3, 0.4) is 0 Å². The molecule has 0 radical (unpaired) electrons. The number of aromatic nitrogens is 3. The van der Waals surface area contributed by atoms with E-state index < -0.39 is 23.4 Å². The van der Waals surface area contributed by atoms with E-state index in [2.05, 4.69) is 15.6 Å². The predicted molar refractivity (Wildman–Crippen MR) is 154 cm³/mol. The van der Waals surface area contributed by atoms with Crippen LogP contribution >= 0.6 is 0 Å². The van der Waals surface area contributed by atoms with Crippen molar-refractivity contribution in [2.45, 2.75) is 59.3 Å². The second-order valence-corrected chi connectivity index (χ2v) is 11.8. The minimum atomic E-state index is -0.674. The zero-order chi connectivity index (χ0) is 29.9. The van der Waals surface area contributed by atoms with Gasteiger partial charge in [-0.05, 0) is 59.7 Å². The number of carbonyl (C=O) groups excluding carboxylic acids is 3. The number of rotatable bonds is 9. The Labute approximate surface area is 239 Å². The number of nitrogens with one attached hydrogen (secondary N) is 2. The van der Waals surface area contributed by atoms with Crippen LogP contribution in [0.25, 0.3) is 22.2 Å². The number of nitrogens with zero attached hydrogens (tertiary/aromatic N) is 4. The summed E-state index contributed by atoms with van der Waals surface area (Å²) < 4.78 is 12.5. The summed E-state index contributed by atoms with van der Waals surface area (Å²) in [5, 5.41) is 21.0. The van der Waals surface area contributed by atoms with Crippen LogP contribution in [0.2, 0.25) is 0 Å². The van der Waals surface area contributed by atoms with Crippen LogP contribution in [-0.4, -0.2) is 86.7 Å². The van der Waals surface area contributed by atoms with Crippen molar-refractivity contribution >= 4 is 34.6 Å². The Morgan fingerprint density at radius 2 is 1.73 bits per heavy atom. The average molecular weight is 567 g/mol. The van der Waals surface area contributed by atoms with Crippen LogP contribution in [0.1, 0.15) is 57.5 Å². The normalized spacial score (nSPS) is 12.6. The fourth-order valence-electron chi connectivity index (χ4n) is 4.56. The van der Waals surface area contributed by atoms with Gasteiger partial charge in [0.25, 0.3) is 0 Å². The number of pyridine rings is 1. The number of carbonyl (C=O) groups is 3. The van der Waals surface area contributed by atoms with Gasteiger partial charge in [-0.3, -0.25) is 14.5 Å². The predicted octanol–water partition coefficient (Wildman–Crippen LogP) is 3.81. The number of aliphatic hydroxyl groups excluding tert-OH is 1. The van der Waals surface area contributed by atoms with Crippen molar-refractivity contribution in [1.29, 1.82) is 0 Å². The van der Waals surface area contributed by atoms with Crippen LogP contribution in [0.4, 0.5) is 15.3 Å². The second kappa shape index (κ2) is 11.7. The van der Waals surface area contributed by atoms with Gasteiger partial charge in [-0.1, -0.05) is 0 Å². The first-order chi connectivity index (χ1) is 19.3. The quantitative estimate of drug-likeness (QED) is 0.257. The molecule has 2 aromatic heterocycles. The summed E-state index contributed by atoms with van der Waals surface area (Å²) in [7, 11) is 0. The monoisotopic (exact) mass is 566 g/mol. The molecule has 0 bridgehead atoms. The molecule has 0 spiro atoms. The summed E-state index contributed by atoms with van der Waals surface area (Å²) in [5.41, 5.74) is 2.31. The Morgan fingerprint density at radius 1 is 1.00 bits per heavy atom. The van der Waals surface area contributed by atoms with Gasteiger partial charge in [0.15, 0.2) is 5.78 Å². The molecule has 0 saturated carbocycles. The summed E-state index contributed by atoms with van der Waals surface area (Å²) in [6, 6.07) is 5.37. The molecule has 12 nitrogen and oxygen atoms in total. The molecule has 4 rings (SSSR count). The van der Waals surface area contributed by atoms with Crippen molar-refractivity contribution < 1.29 is 29.0 Å². The second-order valence-electron chi connectivity index (χ2n) is 11.8. The molecule has 0 atom stereocenters. The molecule has 41 heavy (non-hydrogen) atoms. The molecule has 0 unspecified atom stereocenters. The zero-order valence-electron chi connectivity index (χ0n) is 24.4. The molecule has 0 fully saturated rings. The number of hydrogen-bond acceptors (Lipinski definition) is 9. The molecule has 2 amide bonds. The van der Waals surface area contributed by atoms with E-state index in [9.17, 15) is 19.5 Å². The van der Waals surface area contributed by atoms with E-state index in [4.69, 9.17) is 14.6 Å². The molecular weight excluding hydrogens is 528 g/mol. The molecule has 12 heteroatoms. The first-order valence-corrected chi connectivity index (χ1v) is 13.6. The van der Waals surface area contributed by atoms with Crippen molar-refractivity contribution in [3.05, 3.63) is 41.7 Å². The zero-order valence-corrected chi connectivity index (χ0v) is 24.4. The van der Waals surface area contributed by atoms with E-state index in [1.165, 1.54) is 4.90 Å². The summed E-state index contributed by atoms with van der Waals surface area (Å²) in [4.78, 5) is 44.1. The standard InChI is InChI=1S/C29H38N6O6/c1-28(2,3)40-26(38)32-12-11-31-20-7-8-21-23-22(20)25(37)18-9-10-30-17-19(18)24(23)33-35(21)14-13-34(15-16-36)27(39)41-29(4,5)6/h7-10,17,31,36H,11-16H2,1-6H3,(H,32,38). The minimum absolute atomic E-state index is 0.114. The SMILES string of the molecule is CC(C)(C)OC(=O)NCCNc1ccc2c3c(nn2CCN(CCO)C(=O)OC(C)(C)C)-c2cnccc2C(=O)c13. The summed E-state index contributed by atoms with van der Waals surface area (Å²) in [6.45, 7) is 11.9. The van der Waals surface area contributed by atoms with Gasteiger partial charge in [0.2, 0.25) is 0 Å². The highest BCUT2D eigenvalue weighted by atomic mass is 16.6. The van der Waals surface area contributed by atoms with E-state index in [1.807, 2.05) is 12.1 Å². The smallest absolute Gasteiger partial charge is 0.410 e. The highest BCUT2D eigenvalue weighted by Gasteiger charge is 2.31. The van der Waals surface area contributed by atoms with Gasteiger partial charge in [0.05, 0.1) is 24.2 Å². The number of aliphatic hydroxyl groups is 1. The van der Waals surface area contributed by atoms with E-state index in [1.54, 1.807) is 64.7 Å². The first kappa shape index (κ1) is 29.8. The van der Waals surface area contributed by atoms with Gasteiger partial charge in [-0.15, -0.1) is 0 Å². The summed E-state index contributed by atoms with van der Waals surface area (Å²) >= 11 is 0. The lowest BCUT2D eigenvalue weighted by Crippen LogP contribution is -2.40. The molecule has 0 saturated heterocycles. The number of alkyl carbamates (subject to hydrolysis) is 1. The maximum absolute atomic E-state index is 13.7. The molecule has 0 aliphatic heterocycles. The van der Waals surface area contributed by atoms with Gasteiger partial charge in [-0.2, -0.15) is 5.10 Å². The average Bonchev–Trinajstić information content (AvgIpc) is 3.24. The molecule has 1 aliphatic rings. The highest BCUT2D eigenvalue weighted by Crippen LogP contribution is 2.41. The first-order valence-electron chi connectivity index (χ1n) is 13.6. The number of hydrogen-bond donors (Lipinski definition) is 3. The number of anilines is 1. The Hall–Kier alpha value is -4.19. The Balaban J connectivity index is 1.61. The van der Waals surface area contributed by atoms with Crippen molar-refractivity contribution in [3.8, 4) is 11.3 Å². The lowest BCUT2D eigenvalue weighted by atomic mass is 9.87. The molecule has 220 valence electrons. The van der Waals surface area contributed by atoms with E-state index >= 15 is 0 Å². The molecular formula is C29H38N6O6. The summed E-state index contributed by atoms with van der Waals surface area (Å²) in [6.07, 6.45) is 2.17. The Kier molecular flexibility index (Phi) is 8.52. The van der Waals surface area contributed by atoms with E-state index in [0.717, 1.165) is 5.52 Å². The van der Waals surface area contributed by atoms with Crippen LogP contribution in [0.15, 0.2) is 30.6 Å². The topological polar surface area (TPSA) is 148 Å². The van der Waals surface area contributed by atoms with Crippen LogP contribution in [0, 0.1) is 0 Å². The molecule has 3 N–H and O–H groups in total. The van der Waals surface area contributed by atoms with E-state index in [-0.39, 0.29) is 25.5 Å². The number of ether oxygens (including phenoxy) is 2. The number of ketones is 1. The van der Waals surface area contributed by atoms with Gasteiger partial charge in [-0.25, -0.2) is 9.59 Å². The van der Waals surface area contributed by atoms with Gasteiger partial charge >= 0.3 is 12.2 Å². The molecule has 3 aromatic rings. The van der Waals surface area contributed by atoms with E-state index in [0.29, 0.717) is 53.1 Å². The highest BCUT2D eigenvalue weighted by molar-refractivity contribution is 6.27. The molecule has 1 aliphatic carbocycles.